The molecule has 0 fully saturated rings. The average molecular weight is 378 g/mol. The van der Waals surface area contributed by atoms with E-state index in [2.05, 4.69) is 24.4 Å². The molecule has 3 rings (SSSR count). The number of ether oxygens (including phenoxy) is 1. The number of nitrogens with one attached hydrogen (secondary N) is 1. The third-order valence-electron chi connectivity index (χ3n) is 4.09. The highest BCUT2D eigenvalue weighted by Crippen LogP contribution is 2.23. The van der Waals surface area contributed by atoms with Gasteiger partial charge in [0.1, 0.15) is 5.75 Å². The van der Waals surface area contributed by atoms with Crippen molar-refractivity contribution in [1.29, 1.82) is 0 Å². The summed E-state index contributed by atoms with van der Waals surface area (Å²) in [5, 5.41) is 2.86. The topological polar surface area (TPSA) is 38.3 Å². The van der Waals surface area contributed by atoms with Crippen LogP contribution in [0.2, 0.25) is 0 Å². The third-order valence-corrected chi connectivity index (χ3v) is 5.17. The van der Waals surface area contributed by atoms with Crippen molar-refractivity contribution in [3.05, 3.63) is 90.0 Å². The van der Waals surface area contributed by atoms with Gasteiger partial charge in [-0.15, -0.1) is 11.8 Å². The van der Waals surface area contributed by atoms with Gasteiger partial charge in [0.2, 0.25) is 0 Å². The number of thioether (sulfide) groups is 1. The van der Waals surface area contributed by atoms with E-state index in [1.54, 1.807) is 11.8 Å². The van der Waals surface area contributed by atoms with Crippen molar-refractivity contribution in [2.75, 3.05) is 11.9 Å². The minimum absolute atomic E-state index is 0.00289. The summed E-state index contributed by atoms with van der Waals surface area (Å²) in [6.07, 6.45) is 0.987. The predicted octanol–water partition coefficient (Wildman–Crippen LogP) is 5.56. The highest BCUT2D eigenvalue weighted by molar-refractivity contribution is 7.98. The van der Waals surface area contributed by atoms with Crippen LogP contribution in [-0.4, -0.2) is 12.5 Å². The molecule has 0 radical (unpaired) electrons. The van der Waals surface area contributed by atoms with E-state index >= 15 is 0 Å². The molecule has 4 heteroatoms. The van der Waals surface area contributed by atoms with Crippen LogP contribution in [0.4, 0.5) is 5.69 Å². The lowest BCUT2D eigenvalue weighted by Gasteiger charge is -2.09. The Kier molecular flexibility index (Phi) is 6.94. The standard InChI is InChI=1S/C23H23NO2S/c1-2-18-10-14-21(15-11-18)26-16-23(25)24-20-12-8-19(9-13-20)17-27-22-6-4-3-5-7-22/h3-15H,2,16-17H2,1H3,(H,24,25). The Balaban J connectivity index is 1.45. The summed E-state index contributed by atoms with van der Waals surface area (Å²) in [5.74, 6) is 1.44. The summed E-state index contributed by atoms with van der Waals surface area (Å²) < 4.78 is 5.54. The van der Waals surface area contributed by atoms with Crippen LogP contribution in [0.15, 0.2) is 83.8 Å². The summed E-state index contributed by atoms with van der Waals surface area (Å²) >= 11 is 1.79. The van der Waals surface area contributed by atoms with Gasteiger partial charge in [0.15, 0.2) is 6.61 Å². The predicted molar refractivity (Wildman–Crippen MR) is 112 cm³/mol. The molecule has 0 aliphatic carbocycles. The summed E-state index contributed by atoms with van der Waals surface area (Å²) in [6, 6.07) is 26.1. The largest absolute Gasteiger partial charge is 0.484 e. The van der Waals surface area contributed by atoms with Crippen molar-refractivity contribution in [2.24, 2.45) is 0 Å². The minimum atomic E-state index is -0.166. The highest BCUT2D eigenvalue weighted by Gasteiger charge is 2.04. The first kappa shape index (κ1) is 19.1. The Labute approximate surface area is 164 Å². The van der Waals surface area contributed by atoms with Crippen LogP contribution in [0.25, 0.3) is 0 Å². The Morgan fingerprint density at radius 1 is 0.889 bits per heavy atom. The quantitative estimate of drug-likeness (QED) is 0.522. The Hall–Kier alpha value is -2.72. The zero-order valence-electron chi connectivity index (χ0n) is 15.4. The monoisotopic (exact) mass is 377 g/mol. The molecule has 3 aromatic rings. The van der Waals surface area contributed by atoms with Crippen LogP contribution in [0, 0.1) is 0 Å². The summed E-state index contributed by atoms with van der Waals surface area (Å²) in [5.41, 5.74) is 3.24. The second-order valence-corrected chi connectivity index (χ2v) is 7.18. The van der Waals surface area contributed by atoms with Crippen molar-refractivity contribution in [3.8, 4) is 5.75 Å². The van der Waals surface area contributed by atoms with Crippen LogP contribution in [0.1, 0.15) is 18.1 Å². The average Bonchev–Trinajstić information content (AvgIpc) is 2.73. The van der Waals surface area contributed by atoms with Gasteiger partial charge < -0.3 is 10.1 Å². The maximum absolute atomic E-state index is 12.1. The van der Waals surface area contributed by atoms with E-state index in [9.17, 15) is 4.79 Å². The number of aryl methyl sites for hydroxylation is 1. The van der Waals surface area contributed by atoms with Gasteiger partial charge in [-0.1, -0.05) is 49.4 Å². The van der Waals surface area contributed by atoms with Gasteiger partial charge in [-0.25, -0.2) is 0 Å². The molecular formula is C23H23NO2S. The molecule has 0 atom stereocenters. The van der Waals surface area contributed by atoms with Crippen molar-refractivity contribution < 1.29 is 9.53 Å². The molecular weight excluding hydrogens is 354 g/mol. The van der Waals surface area contributed by atoms with Gasteiger partial charge in [0, 0.05) is 16.3 Å². The zero-order chi connectivity index (χ0) is 18.9. The number of hydrogen-bond donors (Lipinski definition) is 1. The van der Waals surface area contributed by atoms with Crippen LogP contribution in [0.5, 0.6) is 5.75 Å². The number of carbonyl (C=O) groups is 1. The number of benzene rings is 3. The molecule has 0 aromatic heterocycles. The van der Waals surface area contributed by atoms with Crippen molar-refractivity contribution in [3.63, 3.8) is 0 Å². The first-order valence-corrected chi connectivity index (χ1v) is 10.00. The van der Waals surface area contributed by atoms with Gasteiger partial charge in [-0.3, -0.25) is 4.79 Å². The van der Waals surface area contributed by atoms with E-state index in [0.717, 1.165) is 17.9 Å². The van der Waals surface area contributed by atoms with Crippen LogP contribution >= 0.6 is 11.8 Å². The molecule has 0 saturated carbocycles. The maximum Gasteiger partial charge on any atom is 0.262 e. The second-order valence-electron chi connectivity index (χ2n) is 6.13. The molecule has 0 aliphatic heterocycles. The fourth-order valence-electron chi connectivity index (χ4n) is 2.54. The Morgan fingerprint density at radius 3 is 2.22 bits per heavy atom. The number of anilines is 1. The minimum Gasteiger partial charge on any atom is -0.484 e. The van der Waals surface area contributed by atoms with Crippen molar-refractivity contribution in [2.45, 2.75) is 24.0 Å². The van der Waals surface area contributed by atoms with E-state index in [1.165, 1.54) is 16.0 Å². The molecule has 27 heavy (non-hydrogen) atoms. The SMILES string of the molecule is CCc1ccc(OCC(=O)Nc2ccc(CSc3ccccc3)cc2)cc1. The van der Waals surface area contributed by atoms with E-state index in [0.29, 0.717) is 5.75 Å². The number of rotatable bonds is 8. The lowest BCUT2D eigenvalue weighted by Crippen LogP contribution is -2.20. The lowest BCUT2D eigenvalue weighted by molar-refractivity contribution is -0.118. The Morgan fingerprint density at radius 2 is 1.56 bits per heavy atom. The lowest BCUT2D eigenvalue weighted by atomic mass is 10.2. The fraction of sp³-hybridized carbons (Fsp3) is 0.174. The molecule has 0 saturated heterocycles. The van der Waals surface area contributed by atoms with Crippen LogP contribution < -0.4 is 10.1 Å². The van der Waals surface area contributed by atoms with E-state index in [1.807, 2.05) is 66.7 Å². The molecule has 0 heterocycles. The molecule has 0 spiro atoms. The maximum atomic E-state index is 12.1. The zero-order valence-corrected chi connectivity index (χ0v) is 16.2. The fourth-order valence-corrected chi connectivity index (χ4v) is 3.41. The third kappa shape index (κ3) is 6.19. The summed E-state index contributed by atoms with van der Waals surface area (Å²) in [7, 11) is 0. The smallest absolute Gasteiger partial charge is 0.262 e. The van der Waals surface area contributed by atoms with Gasteiger partial charge in [0.05, 0.1) is 0 Å². The molecule has 138 valence electrons. The van der Waals surface area contributed by atoms with E-state index in [-0.39, 0.29) is 12.5 Å². The van der Waals surface area contributed by atoms with E-state index in [4.69, 9.17) is 4.74 Å². The molecule has 3 aromatic carbocycles. The van der Waals surface area contributed by atoms with Gasteiger partial charge in [-0.2, -0.15) is 0 Å². The molecule has 0 aliphatic rings. The first-order chi connectivity index (χ1) is 13.2. The van der Waals surface area contributed by atoms with Crippen molar-refractivity contribution in [1.82, 2.24) is 0 Å². The van der Waals surface area contributed by atoms with E-state index < -0.39 is 0 Å². The number of carbonyl (C=O) groups excluding carboxylic acids is 1. The van der Waals surface area contributed by atoms with Crippen LogP contribution in [0.3, 0.4) is 0 Å². The molecule has 3 nitrogen and oxygen atoms in total. The second kappa shape index (κ2) is 9.83. The van der Waals surface area contributed by atoms with Crippen molar-refractivity contribution >= 4 is 23.4 Å². The summed E-state index contributed by atoms with van der Waals surface area (Å²) in [4.78, 5) is 13.3. The Bertz CT molecular complexity index is 846. The van der Waals surface area contributed by atoms with Gasteiger partial charge in [-0.05, 0) is 53.9 Å². The van der Waals surface area contributed by atoms with Crippen LogP contribution in [-0.2, 0) is 17.0 Å². The normalized spacial score (nSPS) is 10.4. The molecule has 0 unspecified atom stereocenters. The number of hydrogen-bond acceptors (Lipinski definition) is 3. The van der Waals surface area contributed by atoms with Gasteiger partial charge in [0.25, 0.3) is 5.91 Å². The molecule has 1 amide bonds. The van der Waals surface area contributed by atoms with Gasteiger partial charge >= 0.3 is 0 Å². The summed E-state index contributed by atoms with van der Waals surface area (Å²) in [6.45, 7) is 2.10. The number of amides is 1. The first-order valence-electron chi connectivity index (χ1n) is 9.01. The molecule has 1 N–H and O–H groups in total. The molecule has 0 bridgehead atoms. The highest BCUT2D eigenvalue weighted by atomic mass is 32.2.